The molecule has 0 aliphatic heterocycles. The van der Waals surface area contributed by atoms with Crippen LogP contribution in [-0.4, -0.2) is 32.0 Å². The van der Waals surface area contributed by atoms with Gasteiger partial charge in [0.25, 0.3) is 0 Å². The highest BCUT2D eigenvalue weighted by Gasteiger charge is 2.21. The van der Waals surface area contributed by atoms with Crippen molar-refractivity contribution in [1.29, 1.82) is 0 Å². The van der Waals surface area contributed by atoms with Crippen LogP contribution in [0.15, 0.2) is 24.3 Å². The van der Waals surface area contributed by atoms with Crippen molar-refractivity contribution in [2.75, 3.05) is 20.2 Å². The molecular formula is C16H23ClN2O3. The third kappa shape index (κ3) is 6.03. The minimum atomic E-state index is -0.518. The Hall–Kier alpha value is -1.59. The van der Waals surface area contributed by atoms with E-state index in [1.165, 1.54) is 0 Å². The van der Waals surface area contributed by atoms with E-state index in [1.807, 2.05) is 12.1 Å². The summed E-state index contributed by atoms with van der Waals surface area (Å²) in [6, 6.07) is 7.28. The molecule has 2 N–H and O–H groups in total. The number of amides is 2. The Morgan fingerprint density at radius 2 is 1.95 bits per heavy atom. The molecule has 0 aliphatic carbocycles. The highest BCUT2D eigenvalue weighted by molar-refractivity contribution is 6.30. The van der Waals surface area contributed by atoms with Gasteiger partial charge in [-0.3, -0.25) is 9.59 Å². The standard InChI is InChI=1S/C16H23ClN2O3/c1-16(2,3)15(21)19-10-14(20)18-9-13(22-4)11-6-5-7-12(17)8-11/h5-8,13H,9-10H2,1-4H3,(H,18,20)(H,19,21)/t13-/m0/s1. The van der Waals surface area contributed by atoms with Crippen molar-refractivity contribution in [3.63, 3.8) is 0 Å². The zero-order valence-corrected chi connectivity index (χ0v) is 14.2. The Kier molecular flexibility index (Phi) is 6.84. The van der Waals surface area contributed by atoms with Crippen molar-refractivity contribution in [2.45, 2.75) is 26.9 Å². The Labute approximate surface area is 136 Å². The molecular weight excluding hydrogens is 304 g/mol. The second kappa shape index (κ2) is 8.15. The van der Waals surface area contributed by atoms with Crippen LogP contribution < -0.4 is 10.6 Å². The summed E-state index contributed by atoms with van der Waals surface area (Å²) in [6.45, 7) is 5.63. The summed E-state index contributed by atoms with van der Waals surface area (Å²) >= 11 is 5.95. The van der Waals surface area contributed by atoms with Gasteiger partial charge in [0.2, 0.25) is 11.8 Å². The molecule has 0 saturated carbocycles. The van der Waals surface area contributed by atoms with E-state index in [1.54, 1.807) is 40.0 Å². The predicted molar refractivity (Wildman–Crippen MR) is 86.7 cm³/mol. The van der Waals surface area contributed by atoms with E-state index in [-0.39, 0.29) is 24.5 Å². The van der Waals surface area contributed by atoms with E-state index in [2.05, 4.69) is 10.6 Å². The number of rotatable bonds is 6. The van der Waals surface area contributed by atoms with Crippen molar-refractivity contribution < 1.29 is 14.3 Å². The van der Waals surface area contributed by atoms with Crippen molar-refractivity contribution in [2.24, 2.45) is 5.41 Å². The van der Waals surface area contributed by atoms with Crippen LogP contribution in [0.3, 0.4) is 0 Å². The second-order valence-corrected chi connectivity index (χ2v) is 6.45. The van der Waals surface area contributed by atoms with E-state index in [0.29, 0.717) is 11.6 Å². The number of nitrogens with one attached hydrogen (secondary N) is 2. The lowest BCUT2D eigenvalue weighted by atomic mass is 9.96. The fourth-order valence-electron chi connectivity index (χ4n) is 1.74. The summed E-state index contributed by atoms with van der Waals surface area (Å²) in [5.41, 5.74) is 0.366. The fraction of sp³-hybridized carbons (Fsp3) is 0.500. The zero-order valence-electron chi connectivity index (χ0n) is 13.4. The van der Waals surface area contributed by atoms with Crippen LogP contribution in [0.25, 0.3) is 0 Å². The van der Waals surface area contributed by atoms with Crippen LogP contribution in [0.2, 0.25) is 5.02 Å². The molecule has 1 aromatic carbocycles. The summed E-state index contributed by atoms with van der Waals surface area (Å²) in [6.07, 6.45) is -0.291. The summed E-state index contributed by atoms with van der Waals surface area (Å²) in [4.78, 5) is 23.5. The van der Waals surface area contributed by atoms with Gasteiger partial charge in [0.1, 0.15) is 0 Å². The van der Waals surface area contributed by atoms with E-state index in [0.717, 1.165) is 5.56 Å². The lowest BCUT2D eigenvalue weighted by molar-refractivity contribution is -0.131. The zero-order chi connectivity index (χ0) is 16.8. The average molecular weight is 327 g/mol. The molecule has 122 valence electrons. The third-order valence-electron chi connectivity index (χ3n) is 3.08. The minimum absolute atomic E-state index is 0.0535. The second-order valence-electron chi connectivity index (χ2n) is 6.02. The monoisotopic (exact) mass is 326 g/mol. The Bertz CT molecular complexity index is 526. The topological polar surface area (TPSA) is 67.4 Å². The molecule has 0 bridgehead atoms. The maximum atomic E-state index is 11.8. The van der Waals surface area contributed by atoms with Gasteiger partial charge in [0.15, 0.2) is 0 Å². The smallest absolute Gasteiger partial charge is 0.239 e. The molecule has 0 aliphatic rings. The number of methoxy groups -OCH3 is 1. The molecule has 0 fully saturated rings. The highest BCUT2D eigenvalue weighted by Crippen LogP contribution is 2.19. The third-order valence-corrected chi connectivity index (χ3v) is 3.32. The van der Waals surface area contributed by atoms with Crippen molar-refractivity contribution >= 4 is 23.4 Å². The van der Waals surface area contributed by atoms with Gasteiger partial charge in [-0.1, -0.05) is 44.5 Å². The van der Waals surface area contributed by atoms with Crippen molar-refractivity contribution in [3.8, 4) is 0 Å². The quantitative estimate of drug-likeness (QED) is 0.843. The van der Waals surface area contributed by atoms with E-state index in [9.17, 15) is 9.59 Å². The Morgan fingerprint density at radius 1 is 1.27 bits per heavy atom. The summed E-state index contributed by atoms with van der Waals surface area (Å²) in [5.74, 6) is -0.428. The first-order valence-electron chi connectivity index (χ1n) is 7.07. The van der Waals surface area contributed by atoms with Crippen LogP contribution in [0.5, 0.6) is 0 Å². The molecule has 6 heteroatoms. The maximum Gasteiger partial charge on any atom is 0.239 e. The van der Waals surface area contributed by atoms with Crippen LogP contribution in [0.4, 0.5) is 0 Å². The van der Waals surface area contributed by atoms with E-state index in [4.69, 9.17) is 16.3 Å². The van der Waals surface area contributed by atoms with Crippen LogP contribution in [0, 0.1) is 5.41 Å². The van der Waals surface area contributed by atoms with Gasteiger partial charge in [-0.2, -0.15) is 0 Å². The summed E-state index contributed by atoms with van der Waals surface area (Å²) in [5, 5.41) is 5.95. The first kappa shape index (κ1) is 18.5. The van der Waals surface area contributed by atoms with Gasteiger partial charge >= 0.3 is 0 Å². The number of halogens is 1. The lowest BCUT2D eigenvalue weighted by Gasteiger charge is -2.19. The van der Waals surface area contributed by atoms with Crippen LogP contribution in [-0.2, 0) is 14.3 Å². The number of carbonyl (C=O) groups excluding carboxylic acids is 2. The van der Waals surface area contributed by atoms with Gasteiger partial charge in [-0.15, -0.1) is 0 Å². The number of hydrogen-bond donors (Lipinski definition) is 2. The molecule has 2 amide bonds. The average Bonchev–Trinajstić information content (AvgIpc) is 2.44. The molecule has 0 unspecified atom stereocenters. The van der Waals surface area contributed by atoms with Crippen molar-refractivity contribution in [3.05, 3.63) is 34.9 Å². The molecule has 22 heavy (non-hydrogen) atoms. The van der Waals surface area contributed by atoms with E-state index < -0.39 is 5.41 Å². The maximum absolute atomic E-state index is 11.8. The van der Waals surface area contributed by atoms with Gasteiger partial charge in [-0.25, -0.2) is 0 Å². The van der Waals surface area contributed by atoms with Crippen LogP contribution in [0.1, 0.15) is 32.4 Å². The molecule has 0 saturated heterocycles. The van der Waals surface area contributed by atoms with Gasteiger partial charge in [0, 0.05) is 24.1 Å². The minimum Gasteiger partial charge on any atom is -0.375 e. The molecule has 1 aromatic rings. The number of carbonyl (C=O) groups is 2. The lowest BCUT2D eigenvalue weighted by Crippen LogP contribution is -2.42. The fourth-order valence-corrected chi connectivity index (χ4v) is 1.94. The molecule has 0 radical (unpaired) electrons. The molecule has 0 spiro atoms. The predicted octanol–water partition coefficient (Wildman–Crippen LogP) is 2.31. The number of benzene rings is 1. The molecule has 5 nitrogen and oxygen atoms in total. The molecule has 0 heterocycles. The highest BCUT2D eigenvalue weighted by atomic mass is 35.5. The van der Waals surface area contributed by atoms with Gasteiger partial charge in [-0.05, 0) is 17.7 Å². The first-order chi connectivity index (χ1) is 10.2. The van der Waals surface area contributed by atoms with Crippen molar-refractivity contribution in [1.82, 2.24) is 10.6 Å². The molecule has 1 atom stereocenters. The largest absolute Gasteiger partial charge is 0.375 e. The first-order valence-corrected chi connectivity index (χ1v) is 7.45. The van der Waals surface area contributed by atoms with Crippen LogP contribution >= 0.6 is 11.6 Å². The van der Waals surface area contributed by atoms with Gasteiger partial charge in [0.05, 0.1) is 12.6 Å². The molecule has 0 aromatic heterocycles. The Morgan fingerprint density at radius 3 is 2.50 bits per heavy atom. The number of ether oxygens (including phenoxy) is 1. The SMILES string of the molecule is CO[C@@H](CNC(=O)CNC(=O)C(C)(C)C)c1cccc(Cl)c1. The normalized spacial score (nSPS) is 12.6. The van der Waals surface area contributed by atoms with Gasteiger partial charge < -0.3 is 15.4 Å². The number of hydrogen-bond acceptors (Lipinski definition) is 3. The summed E-state index contributed by atoms with van der Waals surface area (Å²) < 4.78 is 5.36. The molecule has 1 rings (SSSR count). The summed E-state index contributed by atoms with van der Waals surface area (Å²) in [7, 11) is 1.57. The Balaban J connectivity index is 2.47. The van der Waals surface area contributed by atoms with E-state index >= 15 is 0 Å².